The van der Waals surface area contributed by atoms with E-state index in [1.165, 1.54) is 0 Å². The molecule has 0 aromatic carbocycles. The molecule has 2 rings (SSSR count). The van der Waals surface area contributed by atoms with E-state index < -0.39 is 0 Å². The maximum atomic E-state index is 5.05. The third-order valence-corrected chi connectivity index (χ3v) is 2.08. The fourth-order valence-electron chi connectivity index (χ4n) is 0.896. The summed E-state index contributed by atoms with van der Waals surface area (Å²) in [6.07, 6.45) is 2.34. The molecular weight excluding hydrogens is 176 g/mol. The third kappa shape index (κ3) is 1.95. The standard InChI is InChI=1S/C6H10N4OS/c1-12-4-6-7-9-10(8-6)2-5-3-11-5/h5H,2-4H2,1H3. The van der Waals surface area contributed by atoms with E-state index >= 15 is 0 Å². The van der Waals surface area contributed by atoms with Crippen LogP contribution in [0.5, 0.6) is 0 Å². The lowest BCUT2D eigenvalue weighted by Gasteiger charge is -1.90. The van der Waals surface area contributed by atoms with Gasteiger partial charge in [0.1, 0.15) is 6.10 Å². The molecule has 1 saturated heterocycles. The lowest BCUT2D eigenvalue weighted by atomic mass is 10.5. The predicted molar refractivity (Wildman–Crippen MR) is 44.8 cm³/mol. The average Bonchev–Trinajstić information content (AvgIpc) is 2.74. The summed E-state index contributed by atoms with van der Waals surface area (Å²) in [5.74, 6) is 1.62. The highest BCUT2D eigenvalue weighted by molar-refractivity contribution is 7.97. The Morgan fingerprint density at radius 1 is 1.75 bits per heavy atom. The number of nitrogens with zero attached hydrogens (tertiary/aromatic N) is 4. The molecule has 2 heterocycles. The molecule has 66 valence electrons. The molecular formula is C6H10N4OS. The lowest BCUT2D eigenvalue weighted by Crippen LogP contribution is -2.07. The summed E-state index contributed by atoms with van der Waals surface area (Å²) in [4.78, 5) is 1.60. The van der Waals surface area contributed by atoms with Crippen LogP contribution in [-0.2, 0) is 17.0 Å². The quantitative estimate of drug-likeness (QED) is 0.616. The van der Waals surface area contributed by atoms with Gasteiger partial charge in [-0.2, -0.15) is 16.6 Å². The highest BCUT2D eigenvalue weighted by Gasteiger charge is 2.23. The van der Waals surface area contributed by atoms with E-state index in [0.717, 1.165) is 24.7 Å². The van der Waals surface area contributed by atoms with Crippen LogP contribution < -0.4 is 0 Å². The second-order valence-electron chi connectivity index (χ2n) is 2.65. The third-order valence-electron chi connectivity index (χ3n) is 1.54. The largest absolute Gasteiger partial charge is 0.371 e. The summed E-state index contributed by atoms with van der Waals surface area (Å²) >= 11 is 1.69. The van der Waals surface area contributed by atoms with Gasteiger partial charge in [-0.3, -0.25) is 0 Å². The van der Waals surface area contributed by atoms with Crippen LogP contribution >= 0.6 is 11.8 Å². The molecule has 0 aliphatic carbocycles. The average molecular weight is 186 g/mol. The van der Waals surface area contributed by atoms with Gasteiger partial charge in [-0.15, -0.1) is 10.2 Å². The molecule has 0 amide bonds. The van der Waals surface area contributed by atoms with Crippen molar-refractivity contribution >= 4 is 11.8 Å². The van der Waals surface area contributed by atoms with Crippen molar-refractivity contribution in [3.8, 4) is 0 Å². The number of rotatable bonds is 4. The van der Waals surface area contributed by atoms with E-state index in [2.05, 4.69) is 15.4 Å². The predicted octanol–water partition coefficient (Wildman–Crippen LogP) is -0.0651. The number of hydrogen-bond donors (Lipinski definition) is 0. The van der Waals surface area contributed by atoms with Crippen LogP contribution in [0, 0.1) is 0 Å². The van der Waals surface area contributed by atoms with Gasteiger partial charge >= 0.3 is 0 Å². The van der Waals surface area contributed by atoms with Crippen LogP contribution in [0.25, 0.3) is 0 Å². The first-order valence-corrected chi connectivity index (χ1v) is 5.15. The monoisotopic (exact) mass is 186 g/mol. The van der Waals surface area contributed by atoms with Crippen molar-refractivity contribution in [2.75, 3.05) is 12.9 Å². The highest BCUT2D eigenvalue weighted by atomic mass is 32.2. The smallest absolute Gasteiger partial charge is 0.184 e. The molecule has 0 spiro atoms. The van der Waals surface area contributed by atoms with Crippen LogP contribution in [0.2, 0.25) is 0 Å². The van der Waals surface area contributed by atoms with Gasteiger partial charge in [-0.25, -0.2) is 0 Å². The number of thioether (sulfide) groups is 1. The Labute approximate surface area is 74.5 Å². The molecule has 1 aliphatic rings. The van der Waals surface area contributed by atoms with Crippen molar-refractivity contribution < 1.29 is 4.74 Å². The van der Waals surface area contributed by atoms with Crippen LogP contribution in [0.1, 0.15) is 5.82 Å². The molecule has 1 unspecified atom stereocenters. The first-order valence-electron chi connectivity index (χ1n) is 3.75. The molecule has 0 radical (unpaired) electrons. The first-order chi connectivity index (χ1) is 5.88. The van der Waals surface area contributed by atoms with E-state index in [9.17, 15) is 0 Å². The Hall–Kier alpha value is -0.620. The maximum Gasteiger partial charge on any atom is 0.184 e. The molecule has 1 atom stereocenters. The SMILES string of the molecule is CSCc1nnn(CC2CO2)n1. The second kappa shape index (κ2) is 3.40. The Kier molecular flexibility index (Phi) is 2.27. The van der Waals surface area contributed by atoms with Crippen LogP contribution in [0.4, 0.5) is 0 Å². The minimum absolute atomic E-state index is 0.321. The van der Waals surface area contributed by atoms with Gasteiger partial charge in [-0.1, -0.05) is 0 Å². The summed E-state index contributed by atoms with van der Waals surface area (Å²) in [6.45, 7) is 1.57. The molecule has 0 N–H and O–H groups in total. The van der Waals surface area contributed by atoms with Gasteiger partial charge in [0.2, 0.25) is 0 Å². The van der Waals surface area contributed by atoms with Crippen molar-refractivity contribution in [2.24, 2.45) is 0 Å². The molecule has 0 bridgehead atoms. The first kappa shape index (κ1) is 8.00. The Balaban J connectivity index is 1.92. The van der Waals surface area contributed by atoms with Crippen molar-refractivity contribution in [3.05, 3.63) is 5.82 Å². The second-order valence-corrected chi connectivity index (χ2v) is 3.51. The summed E-state index contributed by atoms with van der Waals surface area (Å²) in [5.41, 5.74) is 0. The van der Waals surface area contributed by atoms with Crippen molar-refractivity contribution in [1.29, 1.82) is 0 Å². The Morgan fingerprint density at radius 3 is 3.25 bits per heavy atom. The van der Waals surface area contributed by atoms with Gasteiger partial charge in [-0.05, 0) is 11.5 Å². The molecule has 6 heteroatoms. The van der Waals surface area contributed by atoms with Crippen molar-refractivity contribution in [2.45, 2.75) is 18.4 Å². The zero-order valence-electron chi connectivity index (χ0n) is 6.80. The zero-order chi connectivity index (χ0) is 8.39. The molecule has 5 nitrogen and oxygen atoms in total. The van der Waals surface area contributed by atoms with Crippen molar-refractivity contribution in [3.63, 3.8) is 0 Å². The van der Waals surface area contributed by atoms with E-state index in [1.54, 1.807) is 16.6 Å². The summed E-state index contributed by atoms with van der Waals surface area (Å²) < 4.78 is 5.05. The van der Waals surface area contributed by atoms with Crippen LogP contribution in [0.15, 0.2) is 0 Å². The fourth-order valence-corrected chi connectivity index (χ4v) is 1.27. The topological polar surface area (TPSA) is 56.1 Å². The lowest BCUT2D eigenvalue weighted by molar-refractivity contribution is 0.357. The van der Waals surface area contributed by atoms with Gasteiger partial charge in [0.25, 0.3) is 0 Å². The Morgan fingerprint density at radius 2 is 2.58 bits per heavy atom. The molecule has 1 aliphatic heterocycles. The minimum Gasteiger partial charge on any atom is -0.371 e. The van der Waals surface area contributed by atoms with E-state index in [4.69, 9.17) is 4.74 Å². The summed E-state index contributed by atoms with van der Waals surface area (Å²) in [6, 6.07) is 0. The number of aromatic nitrogens is 4. The number of ether oxygens (including phenoxy) is 1. The Bertz CT molecular complexity index is 260. The molecule has 0 saturated carbocycles. The van der Waals surface area contributed by atoms with E-state index in [0.29, 0.717) is 6.10 Å². The molecule has 12 heavy (non-hydrogen) atoms. The summed E-state index contributed by atoms with van der Waals surface area (Å²) in [7, 11) is 0. The molecule has 1 aromatic rings. The van der Waals surface area contributed by atoms with Crippen molar-refractivity contribution in [1.82, 2.24) is 20.2 Å². The van der Waals surface area contributed by atoms with Gasteiger partial charge in [0, 0.05) is 0 Å². The zero-order valence-corrected chi connectivity index (χ0v) is 7.62. The van der Waals surface area contributed by atoms with Gasteiger partial charge in [0.15, 0.2) is 5.82 Å². The van der Waals surface area contributed by atoms with Crippen LogP contribution in [-0.4, -0.2) is 39.2 Å². The maximum absolute atomic E-state index is 5.05. The fraction of sp³-hybridized carbons (Fsp3) is 0.833. The van der Waals surface area contributed by atoms with Gasteiger partial charge < -0.3 is 4.74 Å². The minimum atomic E-state index is 0.321. The van der Waals surface area contributed by atoms with E-state index in [1.807, 2.05) is 6.26 Å². The molecule has 1 fully saturated rings. The number of hydrogen-bond acceptors (Lipinski definition) is 5. The summed E-state index contributed by atoms with van der Waals surface area (Å²) in [5, 5.41) is 12.0. The van der Waals surface area contributed by atoms with Gasteiger partial charge in [0.05, 0.1) is 18.9 Å². The highest BCUT2D eigenvalue weighted by Crippen LogP contribution is 2.10. The molecule has 1 aromatic heterocycles. The van der Waals surface area contributed by atoms with Crippen LogP contribution in [0.3, 0.4) is 0 Å². The normalized spacial score (nSPS) is 21.2. The number of epoxide rings is 1. The number of tetrazole rings is 1. The van der Waals surface area contributed by atoms with E-state index in [-0.39, 0.29) is 0 Å².